The van der Waals surface area contributed by atoms with Crippen LogP contribution in [0.4, 0.5) is 5.69 Å². The normalized spacial score (nSPS) is 10.8. The van der Waals surface area contributed by atoms with Crippen molar-refractivity contribution in [2.24, 2.45) is 5.16 Å². The summed E-state index contributed by atoms with van der Waals surface area (Å²) in [7, 11) is 1.43. The maximum atomic E-state index is 11.9. The number of benzene rings is 2. The Morgan fingerprint density at radius 3 is 2.21 bits per heavy atom. The summed E-state index contributed by atoms with van der Waals surface area (Å²) in [5, 5.41) is 16.6. The van der Waals surface area contributed by atoms with Crippen LogP contribution in [0.5, 0.6) is 0 Å². The summed E-state index contributed by atoms with van der Waals surface area (Å²) in [6.07, 6.45) is 0. The first-order valence-electron chi connectivity index (χ1n) is 6.84. The number of carbonyl (C=O) groups excluding carboxylic acids is 2. The van der Waals surface area contributed by atoms with Crippen molar-refractivity contribution < 1.29 is 19.3 Å². The average molecular weight is 327 g/mol. The molecule has 1 N–H and O–H groups in total. The maximum absolute atomic E-state index is 11.9. The van der Waals surface area contributed by atoms with E-state index in [-0.39, 0.29) is 17.0 Å². The Labute approximate surface area is 136 Å². The maximum Gasteiger partial charge on any atom is 0.365 e. The molecule has 0 radical (unpaired) electrons. The highest BCUT2D eigenvalue weighted by molar-refractivity contribution is 6.45. The van der Waals surface area contributed by atoms with Gasteiger partial charge in [-0.05, 0) is 12.1 Å². The number of hydrogen-bond donors (Lipinski definition) is 1. The highest BCUT2D eigenvalue weighted by atomic mass is 16.7. The largest absolute Gasteiger partial charge is 0.365 e. The molecule has 0 saturated carbocycles. The third-order valence-corrected chi connectivity index (χ3v) is 3.02. The zero-order valence-electron chi connectivity index (χ0n) is 12.6. The molecule has 0 bridgehead atoms. The van der Waals surface area contributed by atoms with Crippen molar-refractivity contribution in [2.75, 3.05) is 7.05 Å². The van der Waals surface area contributed by atoms with E-state index in [0.29, 0.717) is 5.56 Å². The molecule has 0 heterocycles. The topological polar surface area (TPSA) is 111 Å². The van der Waals surface area contributed by atoms with Crippen LogP contribution in [0.2, 0.25) is 0 Å². The Morgan fingerprint density at radius 1 is 1.04 bits per heavy atom. The number of carbonyl (C=O) groups is 2. The van der Waals surface area contributed by atoms with Crippen molar-refractivity contribution in [3.63, 3.8) is 0 Å². The zero-order chi connectivity index (χ0) is 17.5. The number of likely N-dealkylation sites (N-methyl/N-ethyl adjacent to an activating group) is 1. The molecule has 0 atom stereocenters. The molecule has 0 aliphatic rings. The van der Waals surface area contributed by atoms with Gasteiger partial charge in [-0.25, -0.2) is 4.79 Å². The van der Waals surface area contributed by atoms with E-state index in [4.69, 9.17) is 4.84 Å². The molecule has 1 amide bonds. The monoisotopic (exact) mass is 327 g/mol. The Morgan fingerprint density at radius 2 is 1.67 bits per heavy atom. The lowest BCUT2D eigenvalue weighted by Crippen LogP contribution is -2.28. The summed E-state index contributed by atoms with van der Waals surface area (Å²) in [6.45, 7) is 0. The fourth-order valence-electron chi connectivity index (χ4n) is 1.80. The van der Waals surface area contributed by atoms with Crippen LogP contribution in [0.3, 0.4) is 0 Å². The van der Waals surface area contributed by atoms with Crippen LogP contribution >= 0.6 is 0 Å². The van der Waals surface area contributed by atoms with Crippen molar-refractivity contribution >= 4 is 23.3 Å². The number of rotatable bonds is 5. The van der Waals surface area contributed by atoms with Crippen LogP contribution in [-0.4, -0.2) is 29.6 Å². The molecule has 8 heteroatoms. The second-order valence-corrected chi connectivity index (χ2v) is 4.57. The zero-order valence-corrected chi connectivity index (χ0v) is 12.6. The quantitative estimate of drug-likeness (QED) is 0.390. The van der Waals surface area contributed by atoms with Gasteiger partial charge in [0.05, 0.1) is 10.5 Å². The van der Waals surface area contributed by atoms with Gasteiger partial charge >= 0.3 is 5.97 Å². The van der Waals surface area contributed by atoms with E-state index >= 15 is 0 Å². The van der Waals surface area contributed by atoms with E-state index in [0.717, 1.165) is 0 Å². The molecule has 0 aromatic heterocycles. The predicted molar refractivity (Wildman–Crippen MR) is 85.6 cm³/mol. The molecule has 0 aliphatic heterocycles. The number of nitrogens with zero attached hydrogens (tertiary/aromatic N) is 2. The number of nitrogens with one attached hydrogen (secondary N) is 1. The minimum Gasteiger partial charge on any atom is -0.354 e. The molecular formula is C16H13N3O5. The first-order chi connectivity index (χ1) is 11.5. The van der Waals surface area contributed by atoms with Gasteiger partial charge in [-0.3, -0.25) is 14.9 Å². The van der Waals surface area contributed by atoms with Crippen LogP contribution in [0.15, 0.2) is 59.8 Å². The van der Waals surface area contributed by atoms with Gasteiger partial charge in [-0.2, -0.15) is 0 Å². The van der Waals surface area contributed by atoms with E-state index in [1.807, 2.05) is 0 Å². The second kappa shape index (κ2) is 7.63. The van der Waals surface area contributed by atoms with Crippen molar-refractivity contribution in [1.82, 2.24) is 5.32 Å². The number of amides is 1. The molecular weight excluding hydrogens is 314 g/mol. The molecule has 0 aliphatic carbocycles. The molecule has 0 spiro atoms. The van der Waals surface area contributed by atoms with Crippen LogP contribution in [0, 0.1) is 10.1 Å². The number of oxime groups is 1. The summed E-state index contributed by atoms with van der Waals surface area (Å²) < 4.78 is 0. The molecule has 2 rings (SSSR count). The lowest BCUT2D eigenvalue weighted by atomic mass is 10.1. The van der Waals surface area contributed by atoms with Crippen LogP contribution in [0.25, 0.3) is 0 Å². The summed E-state index contributed by atoms with van der Waals surface area (Å²) in [4.78, 5) is 38.6. The van der Waals surface area contributed by atoms with Crippen LogP contribution in [-0.2, 0) is 9.63 Å². The number of hydrogen-bond acceptors (Lipinski definition) is 6. The lowest BCUT2D eigenvalue weighted by Gasteiger charge is -2.05. The Bertz CT molecular complexity index is 785. The predicted octanol–water partition coefficient (Wildman–Crippen LogP) is 1.90. The Kier molecular flexibility index (Phi) is 5.35. The summed E-state index contributed by atoms with van der Waals surface area (Å²) in [5.41, 5.74) is 0.348. The first-order valence-corrected chi connectivity index (χ1v) is 6.84. The van der Waals surface area contributed by atoms with Gasteiger partial charge in [-0.1, -0.05) is 35.5 Å². The fourth-order valence-corrected chi connectivity index (χ4v) is 1.80. The standard InChI is InChI=1S/C16H13N3O5/c1-17-15(20)14(11-5-3-2-4-6-11)18-24-16(21)12-7-9-13(10-8-12)19(22)23/h2-10H,1H3,(H,17,20). The van der Waals surface area contributed by atoms with Gasteiger partial charge in [0.15, 0.2) is 5.71 Å². The van der Waals surface area contributed by atoms with E-state index in [1.54, 1.807) is 30.3 Å². The lowest BCUT2D eigenvalue weighted by molar-refractivity contribution is -0.384. The van der Waals surface area contributed by atoms with E-state index in [2.05, 4.69) is 10.5 Å². The van der Waals surface area contributed by atoms with Gasteiger partial charge in [0.25, 0.3) is 11.6 Å². The molecule has 8 nitrogen and oxygen atoms in total. The average Bonchev–Trinajstić information content (AvgIpc) is 2.62. The summed E-state index contributed by atoms with van der Waals surface area (Å²) >= 11 is 0. The minimum atomic E-state index is -0.831. The van der Waals surface area contributed by atoms with Gasteiger partial charge in [0.2, 0.25) is 0 Å². The van der Waals surface area contributed by atoms with Crippen LogP contribution < -0.4 is 5.32 Å². The molecule has 0 unspecified atom stereocenters. The van der Waals surface area contributed by atoms with Gasteiger partial charge in [-0.15, -0.1) is 0 Å². The molecule has 122 valence electrons. The number of nitro benzene ring substituents is 1. The SMILES string of the molecule is CNC(=O)C(=NOC(=O)c1ccc([N+](=O)[O-])cc1)c1ccccc1. The van der Waals surface area contributed by atoms with Crippen molar-refractivity contribution in [1.29, 1.82) is 0 Å². The van der Waals surface area contributed by atoms with E-state index in [1.165, 1.54) is 31.3 Å². The van der Waals surface area contributed by atoms with Gasteiger partial charge in [0, 0.05) is 24.7 Å². The number of nitro groups is 1. The molecule has 0 saturated heterocycles. The molecule has 0 fully saturated rings. The van der Waals surface area contributed by atoms with E-state index in [9.17, 15) is 19.7 Å². The third kappa shape index (κ3) is 4.01. The summed E-state index contributed by atoms with van der Waals surface area (Å²) in [5.74, 6) is -1.35. The van der Waals surface area contributed by atoms with Gasteiger partial charge < -0.3 is 10.2 Å². The highest BCUT2D eigenvalue weighted by Gasteiger charge is 2.16. The van der Waals surface area contributed by atoms with Gasteiger partial charge in [0.1, 0.15) is 0 Å². The fraction of sp³-hybridized carbons (Fsp3) is 0.0625. The highest BCUT2D eigenvalue weighted by Crippen LogP contribution is 2.13. The first kappa shape index (κ1) is 16.8. The minimum absolute atomic E-state index is 0.0617. The van der Waals surface area contributed by atoms with Crippen molar-refractivity contribution in [3.05, 3.63) is 75.8 Å². The molecule has 24 heavy (non-hydrogen) atoms. The molecule has 2 aromatic carbocycles. The van der Waals surface area contributed by atoms with Crippen LogP contribution in [0.1, 0.15) is 15.9 Å². The van der Waals surface area contributed by atoms with Crippen molar-refractivity contribution in [3.8, 4) is 0 Å². The van der Waals surface area contributed by atoms with Crippen molar-refractivity contribution in [2.45, 2.75) is 0 Å². The Hall–Kier alpha value is -3.55. The Balaban J connectivity index is 2.20. The molecule has 2 aromatic rings. The smallest absolute Gasteiger partial charge is 0.354 e. The number of non-ortho nitro benzene ring substituents is 1. The second-order valence-electron chi connectivity index (χ2n) is 4.57. The van der Waals surface area contributed by atoms with E-state index < -0.39 is 16.8 Å². The third-order valence-electron chi connectivity index (χ3n) is 3.02. The summed E-state index contributed by atoms with van der Waals surface area (Å²) in [6, 6.07) is 13.3.